The molecular formula is C18H26N2O3Si. The number of ether oxygens (including phenoxy) is 1. The first-order chi connectivity index (χ1) is 11.1. The Kier molecular flexibility index (Phi) is 6.73. The summed E-state index contributed by atoms with van der Waals surface area (Å²) in [5, 5.41) is 2.82. The van der Waals surface area contributed by atoms with Gasteiger partial charge in [-0.2, -0.15) is 0 Å². The summed E-state index contributed by atoms with van der Waals surface area (Å²) < 4.78 is 4.78. The Hall–Kier alpha value is -2.13. The molecule has 0 aliphatic carbocycles. The van der Waals surface area contributed by atoms with Gasteiger partial charge in [0.25, 0.3) is 5.91 Å². The SMILES string of the molecule is COC(=O)[C@H](CC#C[Si](C)(C)C(C)(C)C)NC(=O)c1ccncc1. The molecule has 130 valence electrons. The van der Waals surface area contributed by atoms with Gasteiger partial charge in [-0.05, 0) is 17.2 Å². The van der Waals surface area contributed by atoms with Gasteiger partial charge in [0.05, 0.1) is 7.11 Å². The molecule has 1 aromatic rings. The second-order valence-corrected chi connectivity index (χ2v) is 12.2. The lowest BCUT2D eigenvalue weighted by Gasteiger charge is -2.31. The lowest BCUT2D eigenvalue weighted by atomic mass is 10.2. The third-order valence-corrected chi connectivity index (χ3v) is 8.87. The Morgan fingerprint density at radius 3 is 2.38 bits per heavy atom. The first-order valence-electron chi connectivity index (χ1n) is 7.87. The van der Waals surface area contributed by atoms with E-state index in [2.05, 4.69) is 55.6 Å². The first kappa shape index (κ1) is 19.9. The number of methoxy groups -OCH3 is 1. The molecule has 1 rings (SSSR count). The summed E-state index contributed by atoms with van der Waals surface area (Å²) in [6.45, 7) is 10.9. The summed E-state index contributed by atoms with van der Waals surface area (Å²) in [7, 11) is -0.454. The molecule has 6 heteroatoms. The van der Waals surface area contributed by atoms with Crippen LogP contribution in [0.15, 0.2) is 24.5 Å². The van der Waals surface area contributed by atoms with Crippen LogP contribution in [0.25, 0.3) is 0 Å². The number of hydrogen-bond donors (Lipinski definition) is 1. The first-order valence-corrected chi connectivity index (χ1v) is 10.9. The van der Waals surface area contributed by atoms with Gasteiger partial charge in [-0.3, -0.25) is 9.78 Å². The highest BCUT2D eigenvalue weighted by Gasteiger charge is 2.33. The molecule has 1 amide bonds. The highest BCUT2D eigenvalue weighted by Crippen LogP contribution is 2.35. The van der Waals surface area contributed by atoms with Gasteiger partial charge in [0, 0.05) is 24.4 Å². The van der Waals surface area contributed by atoms with Crippen LogP contribution in [0.3, 0.4) is 0 Å². The van der Waals surface area contributed by atoms with Crippen LogP contribution in [-0.2, 0) is 9.53 Å². The van der Waals surface area contributed by atoms with Crippen LogP contribution in [0.5, 0.6) is 0 Å². The van der Waals surface area contributed by atoms with Crippen molar-refractivity contribution in [1.29, 1.82) is 0 Å². The molecule has 0 radical (unpaired) electrons. The number of esters is 1. The van der Waals surface area contributed by atoms with Gasteiger partial charge < -0.3 is 10.1 Å². The molecule has 5 nitrogen and oxygen atoms in total. The number of carbonyl (C=O) groups excluding carboxylic acids is 2. The highest BCUT2D eigenvalue weighted by atomic mass is 28.3. The molecular weight excluding hydrogens is 320 g/mol. The van der Waals surface area contributed by atoms with Crippen molar-refractivity contribution in [1.82, 2.24) is 10.3 Å². The van der Waals surface area contributed by atoms with Crippen LogP contribution >= 0.6 is 0 Å². The fourth-order valence-electron chi connectivity index (χ4n) is 1.64. The fourth-order valence-corrected chi connectivity index (χ4v) is 2.56. The van der Waals surface area contributed by atoms with Gasteiger partial charge in [-0.15, -0.1) is 11.5 Å². The van der Waals surface area contributed by atoms with Crippen LogP contribution < -0.4 is 5.32 Å². The van der Waals surface area contributed by atoms with Crippen LogP contribution in [0.1, 0.15) is 37.6 Å². The Bertz CT molecular complexity index is 640. The van der Waals surface area contributed by atoms with Crippen molar-refractivity contribution >= 4 is 20.0 Å². The zero-order valence-corrected chi connectivity index (χ0v) is 16.3. The summed E-state index contributed by atoms with van der Waals surface area (Å²) in [6.07, 6.45) is 3.29. The van der Waals surface area contributed by atoms with E-state index < -0.39 is 20.1 Å². The van der Waals surface area contributed by atoms with Gasteiger partial charge in [0.1, 0.15) is 14.1 Å². The van der Waals surface area contributed by atoms with Crippen molar-refractivity contribution in [3.05, 3.63) is 30.1 Å². The predicted molar refractivity (Wildman–Crippen MR) is 97.1 cm³/mol. The standard InChI is InChI=1S/C18H26N2O3Si/c1-18(2,3)24(5,6)13-7-8-15(17(22)23-4)20-16(21)14-9-11-19-12-10-14/h9-12,15H,8H2,1-6H3,(H,20,21)/t15-/m0/s1. The van der Waals surface area contributed by atoms with Crippen molar-refractivity contribution in [2.75, 3.05) is 7.11 Å². The summed E-state index contributed by atoms with van der Waals surface area (Å²) in [4.78, 5) is 28.0. The molecule has 0 unspecified atom stereocenters. The van der Waals surface area contributed by atoms with E-state index in [0.717, 1.165) is 0 Å². The number of pyridine rings is 1. The molecule has 1 aromatic heterocycles. The minimum atomic E-state index is -1.75. The minimum Gasteiger partial charge on any atom is -0.467 e. The molecule has 0 aliphatic rings. The third kappa shape index (κ3) is 5.50. The van der Waals surface area contributed by atoms with E-state index in [4.69, 9.17) is 4.74 Å². The largest absolute Gasteiger partial charge is 0.467 e. The summed E-state index contributed by atoms with van der Waals surface area (Å²) >= 11 is 0. The molecule has 0 spiro atoms. The fraction of sp³-hybridized carbons (Fsp3) is 0.500. The topological polar surface area (TPSA) is 68.3 Å². The van der Waals surface area contributed by atoms with E-state index in [9.17, 15) is 9.59 Å². The van der Waals surface area contributed by atoms with E-state index in [1.165, 1.54) is 19.5 Å². The van der Waals surface area contributed by atoms with E-state index in [1.807, 2.05) is 0 Å². The smallest absolute Gasteiger partial charge is 0.329 e. The number of nitrogens with one attached hydrogen (secondary N) is 1. The molecule has 0 bridgehead atoms. The van der Waals surface area contributed by atoms with Crippen LogP contribution in [-0.4, -0.2) is 38.1 Å². The van der Waals surface area contributed by atoms with Crippen molar-refractivity contribution in [2.45, 2.75) is 51.4 Å². The maximum Gasteiger partial charge on any atom is 0.329 e. The van der Waals surface area contributed by atoms with Crippen molar-refractivity contribution in [3.63, 3.8) is 0 Å². The van der Waals surface area contributed by atoms with E-state index in [0.29, 0.717) is 5.56 Å². The molecule has 1 atom stereocenters. The average molecular weight is 347 g/mol. The Morgan fingerprint density at radius 1 is 1.29 bits per heavy atom. The lowest BCUT2D eigenvalue weighted by molar-refractivity contribution is -0.142. The van der Waals surface area contributed by atoms with Gasteiger partial charge >= 0.3 is 5.97 Å². The normalized spacial score (nSPS) is 12.6. The quantitative estimate of drug-likeness (QED) is 0.517. The Morgan fingerprint density at radius 2 is 1.88 bits per heavy atom. The monoisotopic (exact) mass is 346 g/mol. The molecule has 0 fully saturated rings. The second-order valence-electron chi connectivity index (χ2n) is 7.17. The highest BCUT2D eigenvalue weighted by molar-refractivity contribution is 6.87. The van der Waals surface area contributed by atoms with Crippen molar-refractivity contribution in [3.8, 4) is 11.5 Å². The van der Waals surface area contributed by atoms with Crippen molar-refractivity contribution < 1.29 is 14.3 Å². The molecule has 24 heavy (non-hydrogen) atoms. The van der Waals surface area contributed by atoms with Gasteiger partial charge in [0.2, 0.25) is 0 Å². The summed E-state index contributed by atoms with van der Waals surface area (Å²) in [6, 6.07) is 2.39. The van der Waals surface area contributed by atoms with Gasteiger partial charge in [-0.25, -0.2) is 4.79 Å². The number of amides is 1. The summed E-state index contributed by atoms with van der Waals surface area (Å²) in [5.74, 6) is 2.24. The van der Waals surface area contributed by atoms with Crippen LogP contribution in [0.2, 0.25) is 18.1 Å². The molecule has 0 saturated carbocycles. The molecule has 0 aliphatic heterocycles. The third-order valence-electron chi connectivity index (χ3n) is 4.32. The molecule has 0 aromatic carbocycles. The number of carbonyl (C=O) groups is 2. The Balaban J connectivity index is 2.85. The number of hydrogen-bond acceptors (Lipinski definition) is 4. The zero-order valence-electron chi connectivity index (χ0n) is 15.3. The average Bonchev–Trinajstić information content (AvgIpc) is 2.52. The number of nitrogens with zero attached hydrogens (tertiary/aromatic N) is 1. The Labute approximate surface area is 145 Å². The van der Waals surface area contributed by atoms with E-state index in [-0.39, 0.29) is 17.4 Å². The maximum absolute atomic E-state index is 12.2. The molecule has 1 heterocycles. The number of rotatable bonds is 4. The maximum atomic E-state index is 12.2. The zero-order chi connectivity index (χ0) is 18.4. The number of aromatic nitrogens is 1. The van der Waals surface area contributed by atoms with Crippen LogP contribution in [0, 0.1) is 11.5 Å². The van der Waals surface area contributed by atoms with Crippen LogP contribution in [0.4, 0.5) is 0 Å². The summed E-state index contributed by atoms with van der Waals surface area (Å²) in [5.41, 5.74) is 3.78. The minimum absolute atomic E-state index is 0.140. The predicted octanol–water partition coefficient (Wildman–Crippen LogP) is 2.79. The van der Waals surface area contributed by atoms with Crippen molar-refractivity contribution in [2.24, 2.45) is 0 Å². The van der Waals surface area contributed by atoms with Gasteiger partial charge in [-0.1, -0.05) is 33.9 Å². The van der Waals surface area contributed by atoms with Gasteiger partial charge in [0.15, 0.2) is 0 Å². The molecule has 0 saturated heterocycles. The van der Waals surface area contributed by atoms with E-state index in [1.54, 1.807) is 12.1 Å². The lowest BCUT2D eigenvalue weighted by Crippen LogP contribution is -2.41. The second kappa shape index (κ2) is 8.11. The molecule has 1 N–H and O–H groups in total. The van der Waals surface area contributed by atoms with E-state index >= 15 is 0 Å².